The van der Waals surface area contributed by atoms with Crippen LogP contribution in [0.4, 0.5) is 10.2 Å². The predicted molar refractivity (Wildman–Crippen MR) is 146 cm³/mol. The summed E-state index contributed by atoms with van der Waals surface area (Å²) in [5.41, 5.74) is 3.45. The average molecular weight is 512 g/mol. The molecule has 0 aliphatic carbocycles. The van der Waals surface area contributed by atoms with E-state index in [0.29, 0.717) is 29.1 Å². The molecular formula is C29H30FN7O. The van der Waals surface area contributed by atoms with E-state index in [1.165, 1.54) is 10.6 Å². The number of hydrogen-bond acceptors (Lipinski definition) is 7. The van der Waals surface area contributed by atoms with E-state index >= 15 is 4.39 Å². The summed E-state index contributed by atoms with van der Waals surface area (Å²) < 4.78 is 16.5. The number of halogens is 1. The van der Waals surface area contributed by atoms with Crippen molar-refractivity contribution in [2.75, 3.05) is 24.5 Å². The fourth-order valence-corrected chi connectivity index (χ4v) is 5.10. The minimum Gasteiger partial charge on any atom is -0.351 e. The number of rotatable bonds is 4. The molecule has 4 heterocycles. The van der Waals surface area contributed by atoms with Gasteiger partial charge in [-0.15, -0.1) is 0 Å². The summed E-state index contributed by atoms with van der Waals surface area (Å²) in [6.45, 7) is 12.0. The van der Waals surface area contributed by atoms with Gasteiger partial charge < -0.3 is 10.2 Å². The minimum atomic E-state index is -0.496. The quantitative estimate of drug-likeness (QED) is 0.434. The molecule has 0 unspecified atom stereocenters. The zero-order valence-corrected chi connectivity index (χ0v) is 22.2. The van der Waals surface area contributed by atoms with E-state index in [9.17, 15) is 10.1 Å². The highest BCUT2D eigenvalue weighted by Crippen LogP contribution is 2.34. The van der Waals surface area contributed by atoms with Gasteiger partial charge in [-0.1, -0.05) is 25.5 Å². The Hall–Kier alpha value is -4.16. The largest absolute Gasteiger partial charge is 0.355 e. The number of benzene rings is 1. The molecule has 0 radical (unpaired) electrons. The fourth-order valence-electron chi connectivity index (χ4n) is 5.10. The monoisotopic (exact) mass is 511 g/mol. The van der Waals surface area contributed by atoms with Crippen LogP contribution >= 0.6 is 0 Å². The Bertz CT molecular complexity index is 1650. The number of nitrogens with zero attached hydrogens (tertiary/aromatic N) is 6. The van der Waals surface area contributed by atoms with Gasteiger partial charge in [-0.2, -0.15) is 10.2 Å². The zero-order valence-electron chi connectivity index (χ0n) is 22.2. The van der Waals surface area contributed by atoms with Crippen LogP contribution in [0.25, 0.3) is 28.0 Å². The van der Waals surface area contributed by atoms with E-state index in [4.69, 9.17) is 4.98 Å². The van der Waals surface area contributed by atoms with E-state index in [1.807, 2.05) is 33.8 Å². The third kappa shape index (κ3) is 4.31. The summed E-state index contributed by atoms with van der Waals surface area (Å²) in [6, 6.07) is 10.5. The summed E-state index contributed by atoms with van der Waals surface area (Å²) >= 11 is 0. The van der Waals surface area contributed by atoms with Crippen molar-refractivity contribution in [3.63, 3.8) is 0 Å². The van der Waals surface area contributed by atoms with Crippen molar-refractivity contribution in [2.45, 2.75) is 46.6 Å². The molecule has 4 aromatic rings. The summed E-state index contributed by atoms with van der Waals surface area (Å²) in [7, 11) is 0. The van der Waals surface area contributed by atoms with Crippen LogP contribution in [-0.2, 0) is 0 Å². The SMILES string of the molecule is Cc1ccc(F)c(-c2nc3c(cc2C#N)c(N2CCNC[C@@H]2C)nc(=O)n3-c2c(C)ccnc2C(C)C)c1. The van der Waals surface area contributed by atoms with Gasteiger partial charge in [0.1, 0.15) is 17.7 Å². The lowest BCUT2D eigenvalue weighted by Crippen LogP contribution is -2.50. The molecule has 0 bridgehead atoms. The van der Waals surface area contributed by atoms with Crippen LogP contribution in [0.15, 0.2) is 41.3 Å². The molecule has 0 amide bonds. The van der Waals surface area contributed by atoms with Crippen LogP contribution in [0.1, 0.15) is 49.1 Å². The molecule has 1 saturated heterocycles. The van der Waals surface area contributed by atoms with Crippen molar-refractivity contribution in [1.82, 2.24) is 24.8 Å². The molecule has 1 aliphatic heterocycles. The Labute approximate surface area is 220 Å². The highest BCUT2D eigenvalue weighted by Gasteiger charge is 2.27. The lowest BCUT2D eigenvalue weighted by atomic mass is 10.0. The van der Waals surface area contributed by atoms with Gasteiger partial charge >= 0.3 is 5.69 Å². The van der Waals surface area contributed by atoms with Gasteiger partial charge in [0.15, 0.2) is 5.65 Å². The molecule has 0 saturated carbocycles. The minimum absolute atomic E-state index is 0.0202. The lowest BCUT2D eigenvalue weighted by Gasteiger charge is -2.35. The van der Waals surface area contributed by atoms with Gasteiger partial charge in [0, 0.05) is 37.4 Å². The van der Waals surface area contributed by atoms with E-state index in [0.717, 1.165) is 29.9 Å². The maximum atomic E-state index is 15.1. The fraction of sp³-hybridized carbons (Fsp3) is 0.345. The molecule has 1 N–H and O–H groups in total. The van der Waals surface area contributed by atoms with E-state index in [-0.39, 0.29) is 28.8 Å². The number of piperazine rings is 1. The predicted octanol–water partition coefficient (Wildman–Crippen LogP) is 4.39. The maximum absolute atomic E-state index is 15.1. The second kappa shape index (κ2) is 9.95. The van der Waals surface area contributed by atoms with Gasteiger partial charge in [0.05, 0.1) is 28.0 Å². The molecule has 0 spiro atoms. The maximum Gasteiger partial charge on any atom is 0.355 e. The van der Waals surface area contributed by atoms with Crippen molar-refractivity contribution in [1.29, 1.82) is 5.26 Å². The van der Waals surface area contributed by atoms with Crippen molar-refractivity contribution in [3.8, 4) is 23.0 Å². The van der Waals surface area contributed by atoms with Crippen LogP contribution in [0, 0.1) is 31.0 Å². The summed E-state index contributed by atoms with van der Waals surface area (Å²) in [6.07, 6.45) is 1.72. The molecule has 1 aromatic carbocycles. The second-order valence-corrected chi connectivity index (χ2v) is 10.2. The zero-order chi connectivity index (χ0) is 27.1. The van der Waals surface area contributed by atoms with E-state index in [1.54, 1.807) is 24.4 Å². The highest BCUT2D eigenvalue weighted by atomic mass is 19.1. The van der Waals surface area contributed by atoms with Gasteiger partial charge in [-0.05, 0) is 56.5 Å². The normalized spacial score (nSPS) is 15.7. The number of nitriles is 1. The Morgan fingerprint density at radius 2 is 1.97 bits per heavy atom. The number of aromatic nitrogens is 4. The first-order valence-corrected chi connectivity index (χ1v) is 12.8. The van der Waals surface area contributed by atoms with Crippen molar-refractivity contribution < 1.29 is 4.39 Å². The molecular weight excluding hydrogens is 481 g/mol. The first kappa shape index (κ1) is 25.5. The molecule has 194 valence electrons. The lowest BCUT2D eigenvalue weighted by molar-refractivity contribution is 0.497. The highest BCUT2D eigenvalue weighted by molar-refractivity contribution is 5.92. The molecule has 8 nitrogen and oxygen atoms in total. The Balaban J connectivity index is 1.94. The first-order chi connectivity index (χ1) is 18.2. The van der Waals surface area contributed by atoms with Gasteiger partial charge in [0.2, 0.25) is 0 Å². The van der Waals surface area contributed by atoms with Crippen LogP contribution in [-0.4, -0.2) is 45.2 Å². The van der Waals surface area contributed by atoms with Crippen LogP contribution < -0.4 is 15.9 Å². The third-order valence-electron chi connectivity index (χ3n) is 7.04. The van der Waals surface area contributed by atoms with Crippen LogP contribution in [0.3, 0.4) is 0 Å². The number of hydrogen-bond donors (Lipinski definition) is 1. The smallest absolute Gasteiger partial charge is 0.351 e. The molecule has 1 atom stereocenters. The Morgan fingerprint density at radius 3 is 2.68 bits per heavy atom. The van der Waals surface area contributed by atoms with E-state index < -0.39 is 11.5 Å². The van der Waals surface area contributed by atoms with Gasteiger partial charge in [-0.3, -0.25) is 4.98 Å². The van der Waals surface area contributed by atoms with Crippen LogP contribution in [0.2, 0.25) is 0 Å². The molecule has 1 aliphatic rings. The first-order valence-electron chi connectivity index (χ1n) is 12.8. The summed E-state index contributed by atoms with van der Waals surface area (Å²) in [4.78, 5) is 29.9. The number of fused-ring (bicyclic) bond motifs is 1. The third-order valence-corrected chi connectivity index (χ3v) is 7.04. The number of nitrogens with one attached hydrogen (secondary N) is 1. The molecule has 38 heavy (non-hydrogen) atoms. The second-order valence-electron chi connectivity index (χ2n) is 10.2. The molecule has 3 aromatic heterocycles. The van der Waals surface area contributed by atoms with Crippen molar-refractivity contribution in [3.05, 3.63) is 75.2 Å². The molecule has 1 fully saturated rings. The molecule has 9 heteroatoms. The standard InChI is InChI=1S/C29H30FN7O/c1-16(2)24-26(18(4)8-9-33-24)37-28-22(27(35-29(37)38)36-11-10-32-15-19(36)5)13-20(14-31)25(34-28)21-12-17(3)6-7-23(21)30/h6-9,12-13,16,19,32H,10-11,15H2,1-5H3/t19-/m0/s1. The summed E-state index contributed by atoms with van der Waals surface area (Å²) in [5.74, 6) is 0.00761. The average Bonchev–Trinajstić information content (AvgIpc) is 2.89. The Kier molecular flexibility index (Phi) is 6.67. The van der Waals surface area contributed by atoms with E-state index in [2.05, 4.69) is 33.2 Å². The van der Waals surface area contributed by atoms with Crippen molar-refractivity contribution in [2.24, 2.45) is 0 Å². The topological polar surface area (TPSA) is 99.7 Å². The van der Waals surface area contributed by atoms with Crippen LogP contribution in [0.5, 0.6) is 0 Å². The number of anilines is 1. The Morgan fingerprint density at radius 1 is 1.18 bits per heavy atom. The van der Waals surface area contributed by atoms with Crippen molar-refractivity contribution >= 4 is 16.9 Å². The summed E-state index contributed by atoms with van der Waals surface area (Å²) in [5, 5.41) is 14.0. The number of pyridine rings is 2. The van der Waals surface area contributed by atoms with Gasteiger partial charge in [0.25, 0.3) is 0 Å². The molecule has 5 rings (SSSR count). The van der Waals surface area contributed by atoms with Gasteiger partial charge in [-0.25, -0.2) is 18.7 Å². The number of aryl methyl sites for hydroxylation is 2.